The van der Waals surface area contributed by atoms with Gasteiger partial charge >= 0.3 is 0 Å². The van der Waals surface area contributed by atoms with Crippen LogP contribution in [0.5, 0.6) is 0 Å². The van der Waals surface area contributed by atoms with Crippen molar-refractivity contribution in [2.75, 3.05) is 14.2 Å². The number of halogens is 2. The van der Waals surface area contributed by atoms with Crippen LogP contribution in [0, 0.1) is 0 Å². The van der Waals surface area contributed by atoms with Gasteiger partial charge in [-0.2, -0.15) is 5.10 Å². The SMILES string of the molecule is CN=C(NCc1ccc(Br)cc1)NC1CCc2nc(COC)nn2C1.I. The summed E-state index contributed by atoms with van der Waals surface area (Å²) in [5.41, 5.74) is 1.21. The topological polar surface area (TPSA) is 76.4 Å². The van der Waals surface area contributed by atoms with Crippen LogP contribution in [0.3, 0.4) is 0 Å². The van der Waals surface area contributed by atoms with Gasteiger partial charge in [0.1, 0.15) is 12.4 Å². The van der Waals surface area contributed by atoms with Gasteiger partial charge in [-0.15, -0.1) is 24.0 Å². The van der Waals surface area contributed by atoms with E-state index >= 15 is 0 Å². The van der Waals surface area contributed by atoms with Crippen LogP contribution in [0.2, 0.25) is 0 Å². The number of nitrogens with one attached hydrogen (secondary N) is 2. The van der Waals surface area contributed by atoms with Gasteiger partial charge in [0.25, 0.3) is 0 Å². The van der Waals surface area contributed by atoms with Crippen LogP contribution in [0.15, 0.2) is 33.7 Å². The molecule has 0 spiro atoms. The number of rotatable bonds is 5. The summed E-state index contributed by atoms with van der Waals surface area (Å²) in [5, 5.41) is 11.3. The van der Waals surface area contributed by atoms with Crippen molar-refractivity contribution in [3.8, 4) is 0 Å². The van der Waals surface area contributed by atoms with Crippen LogP contribution < -0.4 is 10.6 Å². The molecule has 0 amide bonds. The van der Waals surface area contributed by atoms with Crippen molar-refractivity contribution in [2.45, 2.75) is 38.6 Å². The van der Waals surface area contributed by atoms with Gasteiger partial charge in [0.15, 0.2) is 11.8 Å². The van der Waals surface area contributed by atoms with Crippen molar-refractivity contribution >= 4 is 45.9 Å². The molecule has 0 radical (unpaired) electrons. The minimum atomic E-state index is 0. The lowest BCUT2D eigenvalue weighted by Crippen LogP contribution is -2.46. The zero-order valence-corrected chi connectivity index (χ0v) is 18.8. The Hall–Kier alpha value is -1.20. The molecule has 142 valence electrons. The van der Waals surface area contributed by atoms with Gasteiger partial charge in [0, 0.05) is 37.6 Å². The van der Waals surface area contributed by atoms with Crippen molar-refractivity contribution in [3.05, 3.63) is 46.0 Å². The van der Waals surface area contributed by atoms with Gasteiger partial charge in [-0.3, -0.25) is 4.99 Å². The minimum Gasteiger partial charge on any atom is -0.377 e. The maximum Gasteiger partial charge on any atom is 0.191 e. The van der Waals surface area contributed by atoms with Gasteiger partial charge in [0.2, 0.25) is 0 Å². The highest BCUT2D eigenvalue weighted by Gasteiger charge is 2.22. The number of aromatic nitrogens is 3. The minimum absolute atomic E-state index is 0. The zero-order chi connectivity index (χ0) is 17.6. The molecule has 9 heteroatoms. The lowest BCUT2D eigenvalue weighted by atomic mass is 10.1. The Morgan fingerprint density at radius 3 is 2.85 bits per heavy atom. The molecule has 3 rings (SSSR count). The van der Waals surface area contributed by atoms with E-state index in [2.05, 4.69) is 53.8 Å². The molecule has 0 saturated carbocycles. The Kier molecular flexibility index (Phi) is 8.29. The van der Waals surface area contributed by atoms with E-state index in [1.54, 1.807) is 14.2 Å². The van der Waals surface area contributed by atoms with E-state index in [0.29, 0.717) is 6.61 Å². The van der Waals surface area contributed by atoms with Crippen LogP contribution in [-0.2, 0) is 30.9 Å². The lowest BCUT2D eigenvalue weighted by molar-refractivity contribution is 0.177. The summed E-state index contributed by atoms with van der Waals surface area (Å²) in [7, 11) is 3.45. The molecule has 0 aliphatic carbocycles. The molecule has 1 unspecified atom stereocenters. The monoisotopic (exact) mass is 534 g/mol. The van der Waals surface area contributed by atoms with Crippen LogP contribution >= 0.6 is 39.9 Å². The molecule has 7 nitrogen and oxygen atoms in total. The van der Waals surface area contributed by atoms with Crippen molar-refractivity contribution in [1.82, 2.24) is 25.4 Å². The fourth-order valence-corrected chi connectivity index (χ4v) is 3.11. The fourth-order valence-electron chi connectivity index (χ4n) is 2.84. The van der Waals surface area contributed by atoms with Gasteiger partial charge in [-0.05, 0) is 24.1 Å². The molecule has 1 aromatic carbocycles. The summed E-state index contributed by atoms with van der Waals surface area (Å²) in [6.07, 6.45) is 1.90. The zero-order valence-electron chi connectivity index (χ0n) is 14.9. The second-order valence-electron chi connectivity index (χ2n) is 5.99. The van der Waals surface area contributed by atoms with E-state index < -0.39 is 0 Å². The molecule has 0 bridgehead atoms. The van der Waals surface area contributed by atoms with Crippen molar-refractivity contribution in [1.29, 1.82) is 0 Å². The summed E-state index contributed by atoms with van der Waals surface area (Å²) in [6.45, 7) is 1.96. The third-order valence-electron chi connectivity index (χ3n) is 4.11. The molecule has 0 fully saturated rings. The molecule has 1 atom stereocenters. The van der Waals surface area contributed by atoms with E-state index in [-0.39, 0.29) is 30.0 Å². The molecule has 2 aromatic rings. The summed E-state index contributed by atoms with van der Waals surface area (Å²) in [6, 6.07) is 8.53. The molecule has 1 aromatic heterocycles. The third-order valence-corrected chi connectivity index (χ3v) is 4.64. The van der Waals surface area contributed by atoms with E-state index in [9.17, 15) is 0 Å². The third kappa shape index (κ3) is 5.65. The maximum absolute atomic E-state index is 5.11. The first-order chi connectivity index (χ1) is 12.2. The first-order valence-corrected chi connectivity index (χ1v) is 9.10. The molecule has 0 saturated heterocycles. The average Bonchev–Trinajstić information content (AvgIpc) is 3.02. The van der Waals surface area contributed by atoms with Gasteiger partial charge in [0.05, 0.1) is 6.54 Å². The highest BCUT2D eigenvalue weighted by Crippen LogP contribution is 2.14. The van der Waals surface area contributed by atoms with E-state index in [1.165, 1.54) is 5.56 Å². The van der Waals surface area contributed by atoms with Gasteiger partial charge < -0.3 is 15.4 Å². The normalized spacial score (nSPS) is 16.6. The number of methoxy groups -OCH3 is 1. The molecule has 1 aliphatic heterocycles. The summed E-state index contributed by atoms with van der Waals surface area (Å²) < 4.78 is 8.16. The first-order valence-electron chi connectivity index (χ1n) is 8.31. The Labute approximate surface area is 179 Å². The Bertz CT molecular complexity index is 733. The number of aliphatic imine (C=N–C) groups is 1. The molecular formula is C17H24BrIN6O. The number of aryl methyl sites for hydroxylation is 1. The second kappa shape index (κ2) is 10.2. The smallest absolute Gasteiger partial charge is 0.191 e. The standard InChI is InChI=1S/C17H23BrN6O.HI/c1-19-17(20-9-12-3-5-13(18)6-4-12)21-14-7-8-16-22-15(11-25-2)23-24(16)10-14;/h3-6,14H,7-11H2,1-2H3,(H2,19,20,21);1H. The number of hydrogen-bond acceptors (Lipinski definition) is 4. The Balaban J connectivity index is 0.00000243. The largest absolute Gasteiger partial charge is 0.377 e. The summed E-state index contributed by atoms with van der Waals surface area (Å²) in [5.74, 6) is 2.58. The summed E-state index contributed by atoms with van der Waals surface area (Å²) >= 11 is 3.45. The van der Waals surface area contributed by atoms with Crippen LogP contribution in [0.25, 0.3) is 0 Å². The Morgan fingerprint density at radius 2 is 2.15 bits per heavy atom. The van der Waals surface area contributed by atoms with Gasteiger partial charge in [-0.25, -0.2) is 9.67 Å². The lowest BCUT2D eigenvalue weighted by Gasteiger charge is -2.25. The van der Waals surface area contributed by atoms with Crippen molar-refractivity contribution in [3.63, 3.8) is 0 Å². The Morgan fingerprint density at radius 1 is 1.38 bits per heavy atom. The number of benzene rings is 1. The summed E-state index contributed by atoms with van der Waals surface area (Å²) in [4.78, 5) is 8.83. The fraction of sp³-hybridized carbons (Fsp3) is 0.471. The second-order valence-corrected chi connectivity index (χ2v) is 6.91. The molecular weight excluding hydrogens is 511 g/mol. The van der Waals surface area contributed by atoms with E-state index in [4.69, 9.17) is 4.74 Å². The molecule has 1 aliphatic rings. The molecule has 2 heterocycles. The highest BCUT2D eigenvalue weighted by molar-refractivity contribution is 14.0. The van der Waals surface area contributed by atoms with Crippen molar-refractivity contribution in [2.24, 2.45) is 4.99 Å². The quantitative estimate of drug-likeness (QED) is 0.350. The highest BCUT2D eigenvalue weighted by atomic mass is 127. The predicted octanol–water partition coefficient (Wildman–Crippen LogP) is 2.49. The van der Waals surface area contributed by atoms with E-state index in [1.807, 2.05) is 16.8 Å². The maximum atomic E-state index is 5.11. The number of ether oxygens (including phenoxy) is 1. The van der Waals surface area contributed by atoms with Crippen LogP contribution in [-0.4, -0.2) is 40.9 Å². The number of hydrogen-bond donors (Lipinski definition) is 2. The predicted molar refractivity (Wildman–Crippen MR) is 116 cm³/mol. The van der Waals surface area contributed by atoms with Gasteiger partial charge in [-0.1, -0.05) is 28.1 Å². The van der Waals surface area contributed by atoms with Crippen LogP contribution in [0.1, 0.15) is 23.6 Å². The van der Waals surface area contributed by atoms with Crippen LogP contribution in [0.4, 0.5) is 0 Å². The van der Waals surface area contributed by atoms with Crippen molar-refractivity contribution < 1.29 is 4.74 Å². The number of guanidine groups is 1. The first kappa shape index (κ1) is 21.1. The average molecular weight is 535 g/mol. The number of nitrogens with zero attached hydrogens (tertiary/aromatic N) is 4. The number of fused-ring (bicyclic) bond motifs is 1. The molecule has 2 N–H and O–H groups in total. The van der Waals surface area contributed by atoms with E-state index in [0.717, 1.165) is 48.0 Å². The molecule has 26 heavy (non-hydrogen) atoms.